The normalized spacial score (nSPS) is 19.6. The van der Waals surface area contributed by atoms with E-state index in [0.717, 1.165) is 35.4 Å². The second kappa shape index (κ2) is 12.0. The van der Waals surface area contributed by atoms with E-state index in [1.165, 1.54) is 0 Å². The van der Waals surface area contributed by atoms with Gasteiger partial charge in [-0.15, -0.1) is 5.10 Å². The average molecular weight is 537 g/mol. The molecule has 0 saturated carbocycles. The first-order valence-electron chi connectivity index (χ1n) is 11.6. The van der Waals surface area contributed by atoms with Gasteiger partial charge in [0.05, 0.1) is 12.2 Å². The third kappa shape index (κ3) is 5.68. The molecule has 2 aromatic carbocycles. The van der Waals surface area contributed by atoms with Crippen molar-refractivity contribution in [1.82, 2.24) is 15.0 Å². The van der Waals surface area contributed by atoms with E-state index in [-0.39, 0.29) is 29.0 Å². The van der Waals surface area contributed by atoms with E-state index in [9.17, 15) is 4.79 Å². The Morgan fingerprint density at radius 2 is 1.69 bits per heavy atom. The molecule has 1 aromatic heterocycles. The zero-order chi connectivity index (χ0) is 24.0. The van der Waals surface area contributed by atoms with Crippen molar-refractivity contribution in [3.8, 4) is 0 Å². The van der Waals surface area contributed by atoms with Crippen LogP contribution in [0, 0.1) is 0 Å². The number of amides is 1. The van der Waals surface area contributed by atoms with Crippen LogP contribution in [0.4, 0.5) is 5.69 Å². The number of benzene rings is 2. The molecule has 2 aliphatic carbocycles. The quantitative estimate of drug-likeness (QED) is 0.278. The summed E-state index contributed by atoms with van der Waals surface area (Å²) in [5, 5.41) is 9.19. The molecule has 1 amide bonds. The second-order valence-corrected chi connectivity index (χ2v) is 8.80. The van der Waals surface area contributed by atoms with Gasteiger partial charge in [0.2, 0.25) is 0 Å². The van der Waals surface area contributed by atoms with Crippen molar-refractivity contribution in [1.29, 1.82) is 0 Å². The summed E-state index contributed by atoms with van der Waals surface area (Å²) in [4.78, 5) is 14.9. The zero-order valence-electron chi connectivity index (χ0n) is 19.5. The molecule has 0 spiro atoms. The molecule has 1 unspecified atom stereocenters. The summed E-state index contributed by atoms with van der Waals surface area (Å²) in [6, 6.07) is 16.7. The summed E-state index contributed by atoms with van der Waals surface area (Å²) >= 11 is 6.03. The predicted molar refractivity (Wildman–Crippen MR) is 142 cm³/mol. The standard InChI is InChI=1S/C24H19ClN4O.C5H6.Fe/c25-19-11-13-20(14-12-19)29-22(15-10-17-6-2-1-3-7-17)23(24(29)30)28-16-21(26-27-28)18-8-4-5-9-18;1-2-4-5-3-1;/h1-4,6-16,22-23H,5H2;1-4H,5H2;/b15-10+;;/t22-,23?;;/m1../s1. The van der Waals surface area contributed by atoms with Crippen molar-refractivity contribution < 1.29 is 21.9 Å². The molecule has 1 saturated heterocycles. The van der Waals surface area contributed by atoms with Gasteiger partial charge in [0.15, 0.2) is 6.04 Å². The maximum absolute atomic E-state index is 13.1. The SMILES string of the molecule is C1=CCC=C1.O=C1C(n2cc(C3=CCC=C3)nn2)[C@@H](/C=C/c2ccccc2)N1c1ccc(Cl)cc1.[Fe]. The Bertz CT molecular complexity index is 1330. The maximum atomic E-state index is 13.1. The number of halogens is 1. The number of hydrogen-bond donors (Lipinski definition) is 0. The van der Waals surface area contributed by atoms with Crippen molar-refractivity contribution in [3.63, 3.8) is 0 Å². The third-order valence-electron chi connectivity index (χ3n) is 6.02. The van der Waals surface area contributed by atoms with E-state index in [0.29, 0.717) is 5.02 Å². The summed E-state index contributed by atoms with van der Waals surface area (Å²) in [5.41, 5.74) is 3.71. The summed E-state index contributed by atoms with van der Waals surface area (Å²) in [5.74, 6) is -0.0209. The number of carbonyl (C=O) groups is 1. The van der Waals surface area contributed by atoms with Gasteiger partial charge in [-0.2, -0.15) is 0 Å². The van der Waals surface area contributed by atoms with Gasteiger partial charge in [-0.25, -0.2) is 4.68 Å². The fourth-order valence-corrected chi connectivity index (χ4v) is 4.34. The molecule has 3 aromatic rings. The van der Waals surface area contributed by atoms with Crippen molar-refractivity contribution in [2.24, 2.45) is 0 Å². The van der Waals surface area contributed by atoms with Crippen LogP contribution < -0.4 is 4.90 Å². The molecular weight excluding hydrogens is 512 g/mol. The van der Waals surface area contributed by atoms with E-state index < -0.39 is 6.04 Å². The number of β-lactam (4-membered cyclic amide) rings is 1. The van der Waals surface area contributed by atoms with Crippen molar-refractivity contribution in [2.75, 3.05) is 4.90 Å². The van der Waals surface area contributed by atoms with Crippen molar-refractivity contribution in [2.45, 2.75) is 24.9 Å². The monoisotopic (exact) mass is 536 g/mol. The van der Waals surface area contributed by atoms with Crippen LogP contribution in [0.2, 0.25) is 5.02 Å². The van der Waals surface area contributed by atoms with E-state index in [2.05, 4.69) is 46.8 Å². The number of carbonyl (C=O) groups excluding carboxylic acids is 1. The zero-order valence-corrected chi connectivity index (χ0v) is 21.3. The molecule has 36 heavy (non-hydrogen) atoms. The minimum atomic E-state index is -0.437. The number of anilines is 1. The summed E-state index contributed by atoms with van der Waals surface area (Å²) in [7, 11) is 0. The van der Waals surface area contributed by atoms with Gasteiger partial charge in [-0.1, -0.05) is 102 Å². The summed E-state index contributed by atoms with van der Waals surface area (Å²) in [6.07, 6.45) is 22.5. The molecule has 6 rings (SSSR count). The second-order valence-electron chi connectivity index (χ2n) is 8.36. The topological polar surface area (TPSA) is 51.0 Å². The van der Waals surface area contributed by atoms with Crippen LogP contribution in [0.3, 0.4) is 0 Å². The molecular formula is C29H25ClFeN4O. The Balaban J connectivity index is 0.000000455. The largest absolute Gasteiger partial charge is 0.301 e. The van der Waals surface area contributed by atoms with Gasteiger partial charge >= 0.3 is 0 Å². The van der Waals surface area contributed by atoms with E-state index in [4.69, 9.17) is 11.6 Å². The maximum Gasteiger partial charge on any atom is 0.255 e. The average Bonchev–Trinajstić information content (AvgIpc) is 3.68. The Labute approximate surface area is 226 Å². The molecule has 0 radical (unpaired) electrons. The summed E-state index contributed by atoms with van der Waals surface area (Å²) < 4.78 is 1.68. The van der Waals surface area contributed by atoms with E-state index in [1.807, 2.05) is 66.9 Å². The van der Waals surface area contributed by atoms with E-state index in [1.54, 1.807) is 21.7 Å². The Hall–Kier alpha value is -3.44. The summed E-state index contributed by atoms with van der Waals surface area (Å²) in [6.45, 7) is 0. The van der Waals surface area contributed by atoms with Crippen molar-refractivity contribution >= 4 is 34.8 Å². The van der Waals surface area contributed by atoms with Gasteiger partial charge < -0.3 is 4.90 Å². The Morgan fingerprint density at radius 1 is 0.944 bits per heavy atom. The van der Waals surface area contributed by atoms with Crippen LogP contribution in [-0.4, -0.2) is 26.9 Å². The number of hydrogen-bond acceptors (Lipinski definition) is 3. The molecule has 0 N–H and O–H groups in total. The van der Waals surface area contributed by atoms with Gasteiger partial charge in [-0.3, -0.25) is 4.79 Å². The number of aromatic nitrogens is 3. The van der Waals surface area contributed by atoms with Gasteiger partial charge in [0.1, 0.15) is 5.69 Å². The molecule has 1 fully saturated rings. The van der Waals surface area contributed by atoms with Gasteiger partial charge in [0.25, 0.3) is 5.91 Å². The molecule has 2 heterocycles. The molecule has 7 heteroatoms. The molecule has 182 valence electrons. The Morgan fingerprint density at radius 3 is 2.33 bits per heavy atom. The first kappa shape index (κ1) is 25.6. The number of nitrogens with zero attached hydrogens (tertiary/aromatic N) is 4. The minimum absolute atomic E-state index is 0. The van der Waals surface area contributed by atoms with E-state index >= 15 is 0 Å². The first-order chi connectivity index (χ1) is 17.2. The smallest absolute Gasteiger partial charge is 0.255 e. The molecule has 5 nitrogen and oxygen atoms in total. The number of allylic oxidation sites excluding steroid dienone is 8. The molecule has 1 aliphatic heterocycles. The fraction of sp³-hybridized carbons (Fsp3) is 0.138. The predicted octanol–water partition coefficient (Wildman–Crippen LogP) is 6.44. The van der Waals surface area contributed by atoms with Gasteiger partial charge in [0, 0.05) is 27.8 Å². The Kier molecular flexibility index (Phi) is 8.55. The van der Waals surface area contributed by atoms with Crippen LogP contribution in [0.5, 0.6) is 0 Å². The van der Waals surface area contributed by atoms with Crippen LogP contribution in [0.1, 0.15) is 30.1 Å². The fourth-order valence-electron chi connectivity index (χ4n) is 4.22. The number of rotatable bonds is 5. The first-order valence-corrected chi connectivity index (χ1v) is 12.0. The molecule has 3 aliphatic rings. The van der Waals surface area contributed by atoms with Crippen LogP contribution in [0.15, 0.2) is 109 Å². The third-order valence-corrected chi connectivity index (χ3v) is 6.27. The van der Waals surface area contributed by atoms with Crippen LogP contribution in [-0.2, 0) is 21.9 Å². The molecule has 2 atom stereocenters. The van der Waals surface area contributed by atoms with Crippen molar-refractivity contribution in [3.05, 3.63) is 126 Å². The van der Waals surface area contributed by atoms with Crippen LogP contribution in [0.25, 0.3) is 11.6 Å². The van der Waals surface area contributed by atoms with Gasteiger partial charge in [-0.05, 0) is 48.2 Å². The molecule has 0 bridgehead atoms. The van der Waals surface area contributed by atoms with Crippen LogP contribution >= 0.6 is 11.6 Å². The minimum Gasteiger partial charge on any atom is -0.301 e.